The molecule has 0 bridgehead atoms. The number of H-pyrrole nitrogens is 1. The van der Waals surface area contributed by atoms with E-state index in [1.807, 2.05) is 4.90 Å². The number of hydrogen-bond donors (Lipinski definition) is 1. The zero-order valence-corrected chi connectivity index (χ0v) is 14.8. The second-order valence-corrected chi connectivity index (χ2v) is 6.71. The van der Waals surface area contributed by atoms with Crippen molar-refractivity contribution in [3.63, 3.8) is 0 Å². The van der Waals surface area contributed by atoms with Crippen molar-refractivity contribution in [2.75, 3.05) is 26.2 Å². The average molecular weight is 417 g/mol. The largest absolute Gasteiger partial charge is 0.416 e. The number of rotatable bonds is 3. The predicted molar refractivity (Wildman–Crippen MR) is 88.9 cm³/mol. The van der Waals surface area contributed by atoms with Gasteiger partial charge in [-0.1, -0.05) is 18.2 Å². The molecule has 1 N–H and O–H groups in total. The molecule has 1 aromatic carbocycles. The molecule has 0 radical (unpaired) electrons. The molecule has 0 unspecified atom stereocenters. The number of hydrogen-bond acceptors (Lipinski definition) is 3. The van der Waals surface area contributed by atoms with Crippen LogP contribution in [0.4, 0.5) is 13.2 Å². The second-order valence-electron chi connectivity index (χ2n) is 5.86. The van der Waals surface area contributed by atoms with Gasteiger partial charge in [0.2, 0.25) is 0 Å². The Hall–Kier alpha value is -1.87. The van der Waals surface area contributed by atoms with Crippen molar-refractivity contribution in [2.45, 2.75) is 12.7 Å². The minimum absolute atomic E-state index is 0.136. The van der Waals surface area contributed by atoms with Gasteiger partial charge in [-0.25, -0.2) is 0 Å². The molecule has 1 aliphatic rings. The third-order valence-corrected chi connectivity index (χ3v) is 4.73. The van der Waals surface area contributed by atoms with Crippen molar-refractivity contribution in [3.05, 3.63) is 51.8 Å². The van der Waals surface area contributed by atoms with Gasteiger partial charge in [-0.15, -0.1) is 0 Å². The molecule has 5 nitrogen and oxygen atoms in total. The molecule has 0 aliphatic carbocycles. The fourth-order valence-corrected chi connectivity index (χ4v) is 3.15. The molecule has 1 aromatic heterocycles. The van der Waals surface area contributed by atoms with Gasteiger partial charge < -0.3 is 4.90 Å². The maximum Gasteiger partial charge on any atom is 0.416 e. The molecule has 9 heteroatoms. The average Bonchev–Trinajstić information content (AvgIpc) is 3.00. The molecule has 2 heterocycles. The Labute approximate surface area is 150 Å². The van der Waals surface area contributed by atoms with Crippen LogP contribution in [0, 0.1) is 0 Å². The highest BCUT2D eigenvalue weighted by Gasteiger charge is 2.30. The minimum atomic E-state index is -4.33. The molecule has 25 heavy (non-hydrogen) atoms. The van der Waals surface area contributed by atoms with Gasteiger partial charge >= 0.3 is 6.18 Å². The van der Waals surface area contributed by atoms with E-state index in [1.165, 1.54) is 18.3 Å². The Morgan fingerprint density at radius 2 is 1.96 bits per heavy atom. The number of carbonyl (C=O) groups is 1. The summed E-state index contributed by atoms with van der Waals surface area (Å²) in [7, 11) is 0. The number of aromatic nitrogens is 2. The van der Waals surface area contributed by atoms with Gasteiger partial charge in [0, 0.05) is 32.7 Å². The van der Waals surface area contributed by atoms with Crippen molar-refractivity contribution in [3.8, 4) is 0 Å². The zero-order chi connectivity index (χ0) is 18.0. The second kappa shape index (κ2) is 7.17. The first-order valence-corrected chi connectivity index (χ1v) is 8.50. The van der Waals surface area contributed by atoms with Crippen molar-refractivity contribution >= 4 is 21.8 Å². The molecule has 1 saturated heterocycles. The van der Waals surface area contributed by atoms with Crippen molar-refractivity contribution in [2.24, 2.45) is 0 Å². The number of amides is 1. The Kier molecular flexibility index (Phi) is 5.14. The third kappa shape index (κ3) is 4.21. The van der Waals surface area contributed by atoms with Crippen LogP contribution in [-0.4, -0.2) is 52.1 Å². The van der Waals surface area contributed by atoms with Gasteiger partial charge in [0.05, 0.1) is 16.2 Å². The van der Waals surface area contributed by atoms with Crippen LogP contribution in [0.1, 0.15) is 21.6 Å². The molecule has 134 valence electrons. The maximum atomic E-state index is 12.8. The highest BCUT2D eigenvalue weighted by molar-refractivity contribution is 9.10. The quantitative estimate of drug-likeness (QED) is 0.835. The molecule has 1 aliphatic heterocycles. The monoisotopic (exact) mass is 416 g/mol. The topological polar surface area (TPSA) is 52.2 Å². The number of benzene rings is 1. The number of alkyl halides is 3. The van der Waals surface area contributed by atoms with E-state index in [4.69, 9.17) is 0 Å². The van der Waals surface area contributed by atoms with Gasteiger partial charge in [0.1, 0.15) is 5.69 Å². The maximum absolute atomic E-state index is 12.8. The van der Waals surface area contributed by atoms with E-state index >= 15 is 0 Å². The lowest BCUT2D eigenvalue weighted by Gasteiger charge is -2.34. The molecule has 1 fully saturated rings. The van der Waals surface area contributed by atoms with Crippen LogP contribution in [0.3, 0.4) is 0 Å². The highest BCUT2D eigenvalue weighted by Crippen LogP contribution is 2.29. The molecule has 0 spiro atoms. The fraction of sp³-hybridized carbons (Fsp3) is 0.375. The Balaban J connectivity index is 1.58. The summed E-state index contributed by atoms with van der Waals surface area (Å²) in [4.78, 5) is 16.1. The fourth-order valence-electron chi connectivity index (χ4n) is 2.79. The lowest BCUT2D eigenvalue weighted by Crippen LogP contribution is -2.48. The molecular formula is C16H16BrF3N4O. The number of aromatic amines is 1. The Morgan fingerprint density at radius 3 is 2.56 bits per heavy atom. The first-order valence-electron chi connectivity index (χ1n) is 7.71. The van der Waals surface area contributed by atoms with Gasteiger partial charge in [0.25, 0.3) is 5.91 Å². The molecule has 0 saturated carbocycles. The molecular weight excluding hydrogens is 401 g/mol. The minimum Gasteiger partial charge on any atom is -0.335 e. The van der Waals surface area contributed by atoms with Crippen LogP contribution in [0.25, 0.3) is 0 Å². The van der Waals surface area contributed by atoms with E-state index in [1.54, 1.807) is 11.0 Å². The number of halogens is 4. The van der Waals surface area contributed by atoms with Gasteiger partial charge in [-0.05, 0) is 27.6 Å². The number of nitrogens with one attached hydrogen (secondary N) is 1. The van der Waals surface area contributed by atoms with E-state index < -0.39 is 11.7 Å². The molecule has 2 aromatic rings. The summed E-state index contributed by atoms with van der Waals surface area (Å²) in [6, 6.07) is 5.36. The lowest BCUT2D eigenvalue weighted by molar-refractivity contribution is -0.137. The lowest BCUT2D eigenvalue weighted by atomic mass is 10.1. The third-order valence-electron chi connectivity index (χ3n) is 4.13. The van der Waals surface area contributed by atoms with E-state index in [9.17, 15) is 18.0 Å². The van der Waals surface area contributed by atoms with Crippen LogP contribution in [0.5, 0.6) is 0 Å². The van der Waals surface area contributed by atoms with Crippen molar-refractivity contribution in [1.29, 1.82) is 0 Å². The van der Waals surface area contributed by atoms with E-state index in [2.05, 4.69) is 26.1 Å². The summed E-state index contributed by atoms with van der Waals surface area (Å²) < 4.78 is 39.0. The van der Waals surface area contributed by atoms with Crippen molar-refractivity contribution in [1.82, 2.24) is 20.0 Å². The Morgan fingerprint density at radius 1 is 1.24 bits per heavy atom. The van der Waals surface area contributed by atoms with Gasteiger partial charge in [0.15, 0.2) is 0 Å². The van der Waals surface area contributed by atoms with Gasteiger partial charge in [-0.3, -0.25) is 14.8 Å². The molecule has 1 amide bonds. The van der Waals surface area contributed by atoms with Crippen LogP contribution in [0.15, 0.2) is 34.9 Å². The number of carbonyl (C=O) groups excluding carboxylic acids is 1. The smallest absolute Gasteiger partial charge is 0.335 e. The van der Waals surface area contributed by atoms with Crippen LogP contribution < -0.4 is 0 Å². The summed E-state index contributed by atoms with van der Waals surface area (Å²) in [5.41, 5.74) is 0.389. The van der Waals surface area contributed by atoms with E-state index in [-0.39, 0.29) is 5.91 Å². The van der Waals surface area contributed by atoms with Crippen LogP contribution in [-0.2, 0) is 12.7 Å². The zero-order valence-electron chi connectivity index (χ0n) is 13.2. The first-order chi connectivity index (χ1) is 11.8. The standard InChI is InChI=1S/C16H16BrF3N4O/c17-13-9-21-22-14(13)15(25)24-6-4-23(5-7-24)10-11-2-1-3-12(8-11)16(18,19)20/h1-3,8-9H,4-7,10H2,(H,21,22). The number of piperazine rings is 1. The normalized spacial score (nSPS) is 16.2. The molecule has 3 rings (SSSR count). The molecule has 0 atom stereocenters. The predicted octanol–water partition coefficient (Wildman–Crippen LogP) is 3.15. The van der Waals surface area contributed by atoms with Crippen LogP contribution >= 0.6 is 15.9 Å². The highest BCUT2D eigenvalue weighted by atomic mass is 79.9. The summed E-state index contributed by atoms with van der Waals surface area (Å²) in [6.07, 6.45) is -2.81. The number of nitrogens with zero attached hydrogens (tertiary/aromatic N) is 3. The summed E-state index contributed by atoms with van der Waals surface area (Å²) >= 11 is 3.27. The van der Waals surface area contributed by atoms with Gasteiger partial charge in [-0.2, -0.15) is 18.3 Å². The Bertz CT molecular complexity index is 754. The van der Waals surface area contributed by atoms with Crippen molar-refractivity contribution < 1.29 is 18.0 Å². The first kappa shape index (κ1) is 17.9. The summed E-state index contributed by atoms with van der Waals surface area (Å²) in [5, 5.41) is 6.48. The summed E-state index contributed by atoms with van der Waals surface area (Å²) in [6.45, 7) is 2.67. The van der Waals surface area contributed by atoms with E-state index in [0.717, 1.165) is 6.07 Å². The van der Waals surface area contributed by atoms with Crippen LogP contribution in [0.2, 0.25) is 0 Å². The van der Waals surface area contributed by atoms with E-state index in [0.29, 0.717) is 48.5 Å². The SMILES string of the molecule is O=C(c1[nH]ncc1Br)N1CCN(Cc2cccc(C(F)(F)F)c2)CC1. The summed E-state index contributed by atoms with van der Waals surface area (Å²) in [5.74, 6) is -0.136.